The van der Waals surface area contributed by atoms with Crippen LogP contribution in [0.5, 0.6) is 5.75 Å². The number of rotatable bonds is 14. The number of alkyl halides is 3. The van der Waals surface area contributed by atoms with E-state index in [0.717, 1.165) is 18.2 Å². The minimum atomic E-state index is -5.00. The van der Waals surface area contributed by atoms with Gasteiger partial charge in [0.2, 0.25) is 0 Å². The van der Waals surface area contributed by atoms with Crippen molar-refractivity contribution >= 4 is 13.7 Å². The Bertz CT molecular complexity index is 1370. The van der Waals surface area contributed by atoms with Crippen molar-refractivity contribution in [2.75, 3.05) is 13.2 Å². The lowest BCUT2D eigenvalue weighted by Gasteiger charge is -2.28. The Morgan fingerprint density at radius 1 is 1.17 bits per heavy atom. The van der Waals surface area contributed by atoms with E-state index in [9.17, 15) is 42.3 Å². The second-order valence-corrected chi connectivity index (χ2v) is 10.3. The van der Waals surface area contributed by atoms with Crippen molar-refractivity contribution in [3.8, 4) is 17.6 Å². The molecule has 4 N–H and O–H groups in total. The van der Waals surface area contributed by atoms with Gasteiger partial charge in [-0.2, -0.15) is 18.3 Å². The Labute approximate surface area is 231 Å². The molecule has 0 bridgehead atoms. The quantitative estimate of drug-likeness (QED) is 0.139. The van der Waals surface area contributed by atoms with Gasteiger partial charge in [0.1, 0.15) is 24.0 Å². The molecule has 0 aliphatic carbocycles. The van der Waals surface area contributed by atoms with Crippen LogP contribution in [0.2, 0.25) is 0 Å². The summed E-state index contributed by atoms with van der Waals surface area (Å²) in [6.45, 7) is 2.49. The van der Waals surface area contributed by atoms with Gasteiger partial charge in [-0.3, -0.25) is 23.7 Å². The standard InChI is InChI=1S/C24H29F3N3O10P/c1-15(2)38-22(34)16(3)29-41(36,40-17-7-5-4-6-8-17)37-14-19(18(32)9-11-24(25,26)27)39-21(13-31)30-12-10-20(33)28-23(30)35/h4-8,10,12,15-16,18-19,21,31-32H,13-14H2,1-3H3,(H,29,36)(H,28,33,35)/t16-,18-,19+,21+,41?/m0/s1. The molecule has 1 aromatic heterocycles. The van der Waals surface area contributed by atoms with E-state index in [1.807, 2.05) is 4.98 Å². The van der Waals surface area contributed by atoms with E-state index in [0.29, 0.717) is 4.57 Å². The van der Waals surface area contributed by atoms with E-state index in [1.165, 1.54) is 37.1 Å². The average molecular weight is 607 g/mol. The molecule has 17 heteroatoms. The summed E-state index contributed by atoms with van der Waals surface area (Å²) < 4.78 is 73.7. The smallest absolute Gasteiger partial charge is 0.459 e. The molecule has 0 saturated carbocycles. The van der Waals surface area contributed by atoms with Gasteiger partial charge in [0, 0.05) is 18.2 Å². The molecule has 1 unspecified atom stereocenters. The normalized spacial score (nSPS) is 16.0. The van der Waals surface area contributed by atoms with Crippen molar-refractivity contribution in [2.45, 2.75) is 57.5 Å². The maximum Gasteiger partial charge on any atom is 0.459 e. The van der Waals surface area contributed by atoms with Gasteiger partial charge in [0.05, 0.1) is 19.3 Å². The molecule has 2 aromatic rings. The van der Waals surface area contributed by atoms with Crippen LogP contribution < -0.4 is 20.9 Å². The third-order valence-corrected chi connectivity index (χ3v) is 6.44. The number of aliphatic hydroxyl groups is 2. The molecule has 13 nitrogen and oxygen atoms in total. The molecule has 0 radical (unpaired) electrons. The molecule has 2 rings (SSSR count). The Kier molecular flexibility index (Phi) is 12.3. The van der Waals surface area contributed by atoms with Gasteiger partial charge in [-0.15, -0.1) is 0 Å². The molecule has 0 aliphatic heterocycles. The van der Waals surface area contributed by atoms with Gasteiger partial charge >= 0.3 is 25.6 Å². The number of hydrogen-bond acceptors (Lipinski definition) is 10. The number of carbonyl (C=O) groups is 1. The lowest BCUT2D eigenvalue weighted by Crippen LogP contribution is -2.41. The number of benzene rings is 1. The fourth-order valence-corrected chi connectivity index (χ4v) is 4.51. The van der Waals surface area contributed by atoms with Gasteiger partial charge in [-0.1, -0.05) is 24.1 Å². The monoisotopic (exact) mass is 607 g/mol. The van der Waals surface area contributed by atoms with Crippen molar-refractivity contribution in [3.63, 3.8) is 0 Å². The highest BCUT2D eigenvalue weighted by Crippen LogP contribution is 2.45. The van der Waals surface area contributed by atoms with Crippen LogP contribution in [0, 0.1) is 11.8 Å². The number of aliphatic hydroxyl groups excluding tert-OH is 2. The molecule has 0 fully saturated rings. The van der Waals surface area contributed by atoms with Crippen LogP contribution in [0.1, 0.15) is 27.0 Å². The fourth-order valence-electron chi connectivity index (χ4n) is 3.01. The third kappa shape index (κ3) is 11.5. The van der Waals surface area contributed by atoms with Crippen molar-refractivity contribution in [2.24, 2.45) is 0 Å². The summed E-state index contributed by atoms with van der Waals surface area (Å²) in [5.74, 6) is 1.56. The zero-order chi connectivity index (χ0) is 30.8. The SMILES string of the molecule is CC(C)OC(=O)[C@H](C)NP(=O)(OC[C@@H](O[C@H](CO)n1ccc(=O)[nH]c1=O)[C@@H](O)C#CC(F)(F)F)Oc1ccccc1. The lowest BCUT2D eigenvalue weighted by atomic mass is 10.2. The summed E-state index contributed by atoms with van der Waals surface area (Å²) in [5.41, 5.74) is -1.83. The summed E-state index contributed by atoms with van der Waals surface area (Å²) in [7, 11) is -4.57. The number of aromatic nitrogens is 2. The largest absolute Gasteiger partial charge is 0.462 e. The Hall–Kier alpha value is -3.45. The third-order valence-electron chi connectivity index (χ3n) is 4.80. The molecule has 0 aliphatic rings. The summed E-state index contributed by atoms with van der Waals surface area (Å²) in [6.07, 6.45) is -10.4. The highest BCUT2D eigenvalue weighted by atomic mass is 31.2. The van der Waals surface area contributed by atoms with Crippen LogP contribution >= 0.6 is 7.75 Å². The summed E-state index contributed by atoms with van der Waals surface area (Å²) in [5, 5.41) is 22.5. The minimum Gasteiger partial charge on any atom is -0.462 e. The first-order valence-electron chi connectivity index (χ1n) is 11.9. The molecular formula is C24H29F3N3O10P. The molecule has 1 aromatic carbocycles. The molecule has 0 saturated heterocycles. The number of H-pyrrole nitrogens is 1. The van der Waals surface area contributed by atoms with Gasteiger partial charge in [0.25, 0.3) is 5.56 Å². The van der Waals surface area contributed by atoms with E-state index in [-0.39, 0.29) is 5.75 Å². The first-order chi connectivity index (χ1) is 19.1. The summed E-state index contributed by atoms with van der Waals surface area (Å²) in [6, 6.07) is 7.13. The second-order valence-electron chi connectivity index (χ2n) is 8.58. The van der Waals surface area contributed by atoms with Gasteiger partial charge in [-0.05, 0) is 32.9 Å². The average Bonchev–Trinajstić information content (AvgIpc) is 2.87. The maximum absolute atomic E-state index is 13.7. The van der Waals surface area contributed by atoms with Crippen molar-refractivity contribution in [1.29, 1.82) is 0 Å². The van der Waals surface area contributed by atoms with Gasteiger partial charge < -0.3 is 24.2 Å². The molecule has 5 atom stereocenters. The number of ether oxygens (including phenoxy) is 2. The van der Waals surface area contributed by atoms with E-state index < -0.39 is 74.9 Å². The highest BCUT2D eigenvalue weighted by Gasteiger charge is 2.36. The van der Waals surface area contributed by atoms with Crippen molar-refractivity contribution in [1.82, 2.24) is 14.6 Å². The predicted molar refractivity (Wildman–Crippen MR) is 137 cm³/mol. The second kappa shape index (κ2) is 15.0. The van der Waals surface area contributed by atoms with E-state index in [1.54, 1.807) is 19.9 Å². The molecule has 1 heterocycles. The topological polar surface area (TPSA) is 178 Å². The fraction of sp³-hybridized carbons (Fsp3) is 0.458. The Morgan fingerprint density at radius 3 is 2.39 bits per heavy atom. The van der Waals surface area contributed by atoms with Gasteiger partial charge in [0.15, 0.2) is 6.23 Å². The maximum atomic E-state index is 13.7. The molecule has 0 spiro atoms. The molecule has 0 amide bonds. The zero-order valence-electron chi connectivity index (χ0n) is 22.0. The first kappa shape index (κ1) is 33.8. The minimum absolute atomic E-state index is 0.00988. The van der Waals surface area contributed by atoms with Crippen LogP contribution in [0.25, 0.3) is 0 Å². The highest BCUT2D eigenvalue weighted by molar-refractivity contribution is 7.52. The Balaban J connectivity index is 2.40. The number of nitrogens with one attached hydrogen (secondary N) is 2. The number of aromatic amines is 1. The molecule has 41 heavy (non-hydrogen) atoms. The Morgan fingerprint density at radius 2 is 1.83 bits per heavy atom. The van der Waals surface area contributed by atoms with Crippen LogP contribution in [-0.4, -0.2) is 69.5 Å². The van der Waals surface area contributed by atoms with Crippen molar-refractivity contribution < 1.29 is 51.3 Å². The first-order valence-corrected chi connectivity index (χ1v) is 13.5. The number of halogens is 3. The van der Waals surface area contributed by atoms with Crippen LogP contribution in [0.15, 0.2) is 52.2 Å². The van der Waals surface area contributed by atoms with Crippen molar-refractivity contribution in [3.05, 3.63) is 63.4 Å². The number of carbonyl (C=O) groups excluding carboxylic acids is 1. The summed E-state index contributed by atoms with van der Waals surface area (Å²) in [4.78, 5) is 37.8. The molecular weight excluding hydrogens is 578 g/mol. The van der Waals surface area contributed by atoms with E-state index in [4.69, 9.17) is 18.5 Å². The van der Waals surface area contributed by atoms with Crippen LogP contribution in [0.4, 0.5) is 13.2 Å². The number of para-hydroxylation sites is 1. The van der Waals surface area contributed by atoms with Crippen LogP contribution in [0.3, 0.4) is 0 Å². The number of esters is 1. The summed E-state index contributed by atoms with van der Waals surface area (Å²) >= 11 is 0. The van der Waals surface area contributed by atoms with E-state index in [2.05, 4.69) is 5.09 Å². The number of nitrogens with zero attached hydrogens (tertiary/aromatic N) is 1. The lowest BCUT2D eigenvalue weighted by molar-refractivity contribution is -0.149. The number of hydrogen-bond donors (Lipinski definition) is 4. The molecule has 226 valence electrons. The predicted octanol–water partition coefficient (Wildman–Crippen LogP) is 1.47. The van der Waals surface area contributed by atoms with Crippen LogP contribution in [-0.2, 0) is 23.4 Å². The van der Waals surface area contributed by atoms with E-state index >= 15 is 0 Å². The zero-order valence-corrected chi connectivity index (χ0v) is 22.9. The van der Waals surface area contributed by atoms with Gasteiger partial charge in [-0.25, -0.2) is 9.36 Å².